The summed E-state index contributed by atoms with van der Waals surface area (Å²) in [7, 11) is 1.21. The predicted molar refractivity (Wildman–Crippen MR) is 35.1 cm³/mol. The van der Waals surface area contributed by atoms with Crippen LogP contribution in [0, 0.1) is 0 Å². The maximum Gasteiger partial charge on any atom is 0.0290 e. The van der Waals surface area contributed by atoms with E-state index < -0.39 is 0 Å². The Morgan fingerprint density at radius 3 is 1.67 bits per heavy atom. The van der Waals surface area contributed by atoms with E-state index in [0.29, 0.717) is 0 Å². The molecule has 0 N–H and O–H groups in total. The van der Waals surface area contributed by atoms with E-state index in [1.54, 1.807) is 0 Å². The summed E-state index contributed by atoms with van der Waals surface area (Å²) in [5.74, 6) is 0. The monoisotopic (exact) mass is 125 g/mol. The molecule has 0 rings (SSSR count). The van der Waals surface area contributed by atoms with Gasteiger partial charge < -0.3 is 0 Å². The zero-order chi connectivity index (χ0) is 4.28. The van der Waals surface area contributed by atoms with Crippen LogP contribution in [0.3, 0.4) is 0 Å². The number of hydrogen-bond acceptors (Lipinski definition) is 0. The molecule has 0 aromatic rings. The summed E-state index contributed by atoms with van der Waals surface area (Å²) >= 11 is 0. The van der Waals surface area contributed by atoms with Crippen LogP contribution >= 0.6 is 0 Å². The van der Waals surface area contributed by atoms with Gasteiger partial charge in [0.2, 0.25) is 0 Å². The molecule has 1 radical (unpaired) electrons. The van der Waals surface area contributed by atoms with Crippen LogP contribution in [0.15, 0.2) is 11.3 Å². The van der Waals surface area contributed by atoms with Gasteiger partial charge in [-0.05, 0) is 13.8 Å². The molecule has 0 aliphatic carbocycles. The van der Waals surface area contributed by atoms with Crippen molar-refractivity contribution in [3.05, 3.63) is 11.3 Å². The van der Waals surface area contributed by atoms with Crippen molar-refractivity contribution in [3.63, 3.8) is 0 Å². The van der Waals surface area contributed by atoms with Crippen molar-refractivity contribution in [2.45, 2.75) is 13.8 Å². The Bertz CT molecular complexity index is 45.5. The maximum atomic E-state index is 2.22. The average molecular weight is 125 g/mol. The molecule has 0 nitrogen and oxygen atoms in total. The topological polar surface area (TPSA) is 0 Å². The average Bonchev–Trinajstić information content (AvgIpc) is 1.38. The van der Waals surface area contributed by atoms with Gasteiger partial charge in [0, 0.05) is 61.6 Å². The first kappa shape index (κ1) is 10.6. The third-order valence-electron chi connectivity index (χ3n) is 0.577. The van der Waals surface area contributed by atoms with Crippen LogP contribution in [0.5, 0.6) is 0 Å². The van der Waals surface area contributed by atoms with E-state index in [-0.39, 0.29) is 51.4 Å². The van der Waals surface area contributed by atoms with Crippen molar-refractivity contribution in [3.8, 4) is 0 Å². The molecular formula is C4H10KSi. The van der Waals surface area contributed by atoms with Crippen LogP contribution in [-0.4, -0.2) is 61.6 Å². The number of hydrogen-bond donors (Lipinski definition) is 0. The van der Waals surface area contributed by atoms with E-state index in [1.807, 2.05) is 0 Å². The van der Waals surface area contributed by atoms with Crippen LogP contribution in [-0.2, 0) is 0 Å². The first-order valence-electron chi connectivity index (χ1n) is 1.87. The fraction of sp³-hybridized carbons (Fsp3) is 0.500. The molecule has 0 unspecified atom stereocenters. The van der Waals surface area contributed by atoms with Gasteiger partial charge in [0.05, 0.1) is 0 Å². The van der Waals surface area contributed by atoms with Crippen LogP contribution < -0.4 is 0 Å². The van der Waals surface area contributed by atoms with Crippen LogP contribution in [0.1, 0.15) is 13.8 Å². The first-order valence-corrected chi connectivity index (χ1v) is 3.02. The number of rotatable bonds is 0. The minimum Gasteiger partial charge on any atom is -0.107 e. The molecule has 0 saturated carbocycles. The van der Waals surface area contributed by atoms with E-state index >= 15 is 0 Å². The standard InChI is InChI=1S/C4H10Si.K/c1-4(2)3-5;/h3H,1-2,5H3;. The second-order valence-electron chi connectivity index (χ2n) is 1.37. The minimum atomic E-state index is 0. The third kappa shape index (κ3) is 9.14. The predicted octanol–water partition coefficient (Wildman–Crippen LogP) is -0.105. The Morgan fingerprint density at radius 2 is 1.67 bits per heavy atom. The Morgan fingerprint density at radius 1 is 1.50 bits per heavy atom. The molecule has 0 atom stereocenters. The summed E-state index contributed by atoms with van der Waals surface area (Å²) in [5, 5.41) is 0. The second kappa shape index (κ2) is 6.59. The van der Waals surface area contributed by atoms with Crippen molar-refractivity contribution < 1.29 is 0 Å². The molecule has 0 aromatic carbocycles. The molecule has 0 fully saturated rings. The molecule has 0 aliphatic rings. The van der Waals surface area contributed by atoms with Crippen LogP contribution in [0.2, 0.25) is 0 Å². The van der Waals surface area contributed by atoms with Crippen molar-refractivity contribution >= 4 is 61.6 Å². The van der Waals surface area contributed by atoms with Gasteiger partial charge in [-0.2, -0.15) is 0 Å². The summed E-state index contributed by atoms with van der Waals surface area (Å²) in [6, 6.07) is 0. The van der Waals surface area contributed by atoms with Crippen molar-refractivity contribution in [1.82, 2.24) is 0 Å². The molecule has 0 amide bonds. The molecule has 0 saturated heterocycles. The van der Waals surface area contributed by atoms with E-state index in [4.69, 9.17) is 0 Å². The normalized spacial score (nSPS) is 6.33. The Balaban J connectivity index is 0. The number of allylic oxidation sites excluding steroid dienone is 1. The zero-order valence-electron chi connectivity index (χ0n) is 5.08. The van der Waals surface area contributed by atoms with Crippen molar-refractivity contribution in [1.29, 1.82) is 0 Å². The first-order chi connectivity index (χ1) is 2.27. The van der Waals surface area contributed by atoms with Crippen molar-refractivity contribution in [2.75, 3.05) is 0 Å². The Kier molecular flexibility index (Phi) is 11.6. The maximum absolute atomic E-state index is 2.22. The summed E-state index contributed by atoms with van der Waals surface area (Å²) in [4.78, 5) is 0. The van der Waals surface area contributed by atoms with Crippen LogP contribution in [0.25, 0.3) is 0 Å². The van der Waals surface area contributed by atoms with Gasteiger partial charge in [-0.1, -0.05) is 5.57 Å². The largest absolute Gasteiger partial charge is 0.107 e. The van der Waals surface area contributed by atoms with Gasteiger partial charge in [0.15, 0.2) is 0 Å². The molecule has 0 aliphatic heterocycles. The molecule has 0 spiro atoms. The summed E-state index contributed by atoms with van der Waals surface area (Å²) < 4.78 is 0. The van der Waals surface area contributed by atoms with Crippen LogP contribution in [0.4, 0.5) is 0 Å². The Labute approximate surface area is 85.2 Å². The van der Waals surface area contributed by atoms with Gasteiger partial charge in [-0.15, -0.1) is 5.70 Å². The zero-order valence-corrected chi connectivity index (χ0v) is 10.2. The third-order valence-corrected chi connectivity index (χ3v) is 1.73. The van der Waals surface area contributed by atoms with E-state index in [1.165, 1.54) is 15.8 Å². The van der Waals surface area contributed by atoms with Gasteiger partial charge in [0.25, 0.3) is 0 Å². The van der Waals surface area contributed by atoms with E-state index in [2.05, 4.69) is 19.5 Å². The molecule has 2 heteroatoms. The molecular weight excluding hydrogens is 115 g/mol. The summed E-state index contributed by atoms with van der Waals surface area (Å²) in [6.07, 6.45) is 0. The Hall–Kier alpha value is 1.59. The quantitative estimate of drug-likeness (QED) is 0.397. The van der Waals surface area contributed by atoms with E-state index in [0.717, 1.165) is 0 Å². The van der Waals surface area contributed by atoms with Crippen molar-refractivity contribution in [2.24, 2.45) is 0 Å². The fourth-order valence-electron chi connectivity index (χ4n) is 0. The van der Waals surface area contributed by atoms with Gasteiger partial charge in [-0.25, -0.2) is 0 Å². The second-order valence-corrected chi connectivity index (χ2v) is 1.94. The van der Waals surface area contributed by atoms with E-state index in [9.17, 15) is 0 Å². The van der Waals surface area contributed by atoms with Gasteiger partial charge in [0.1, 0.15) is 0 Å². The molecule has 6 heavy (non-hydrogen) atoms. The van der Waals surface area contributed by atoms with Gasteiger partial charge in [-0.3, -0.25) is 0 Å². The molecule has 0 bridgehead atoms. The smallest absolute Gasteiger partial charge is 0.0290 e. The molecule has 0 heterocycles. The summed E-state index contributed by atoms with van der Waals surface area (Å²) in [6.45, 7) is 4.24. The van der Waals surface area contributed by atoms with Gasteiger partial charge >= 0.3 is 0 Å². The molecule has 31 valence electrons. The summed E-state index contributed by atoms with van der Waals surface area (Å²) in [5.41, 5.74) is 3.66. The fourth-order valence-corrected chi connectivity index (χ4v) is 0. The molecule has 0 aromatic heterocycles. The SMILES string of the molecule is CC(C)=C[SiH3].[K]. The minimum absolute atomic E-state index is 0.